The zero-order valence-corrected chi connectivity index (χ0v) is 21.1. The van der Waals surface area contributed by atoms with Crippen molar-refractivity contribution in [2.24, 2.45) is 0 Å². The summed E-state index contributed by atoms with van der Waals surface area (Å²) >= 11 is 0. The maximum absolute atomic E-state index is 15.9. The van der Waals surface area contributed by atoms with Crippen molar-refractivity contribution in [1.82, 2.24) is 14.8 Å². The van der Waals surface area contributed by atoms with Crippen LogP contribution in [0, 0.1) is 17.5 Å². The minimum atomic E-state index is -4.63. The summed E-state index contributed by atoms with van der Waals surface area (Å²) in [4.78, 5) is 3.31. The molecule has 0 spiro atoms. The average molecular weight is 544 g/mol. The summed E-state index contributed by atoms with van der Waals surface area (Å²) in [7, 11) is -2.90. The summed E-state index contributed by atoms with van der Waals surface area (Å²) in [5, 5.41) is 7.69. The van der Waals surface area contributed by atoms with Gasteiger partial charge in [0.1, 0.15) is 28.0 Å². The third kappa shape index (κ3) is 5.09. The summed E-state index contributed by atoms with van der Waals surface area (Å²) in [5.74, 6) is -2.41. The highest BCUT2D eigenvalue weighted by Crippen LogP contribution is 2.37. The van der Waals surface area contributed by atoms with Crippen molar-refractivity contribution in [2.75, 3.05) is 30.3 Å². The van der Waals surface area contributed by atoms with Gasteiger partial charge < -0.3 is 10.1 Å². The number of nitrogens with one attached hydrogen (secondary N) is 2. The van der Waals surface area contributed by atoms with E-state index in [0.717, 1.165) is 24.5 Å². The van der Waals surface area contributed by atoms with Gasteiger partial charge in [0, 0.05) is 43.8 Å². The summed E-state index contributed by atoms with van der Waals surface area (Å²) < 4.78 is 78.6. The second-order valence-electron chi connectivity index (χ2n) is 8.74. The second-order valence-corrected chi connectivity index (χ2v) is 10.4. The number of anilines is 2. The Balaban J connectivity index is 1.60. The van der Waals surface area contributed by atoms with Crippen molar-refractivity contribution >= 4 is 21.5 Å². The van der Waals surface area contributed by atoms with E-state index in [1.807, 2.05) is 10.9 Å². The molecule has 3 heterocycles. The van der Waals surface area contributed by atoms with Crippen LogP contribution in [0.1, 0.15) is 18.9 Å². The highest BCUT2D eigenvalue weighted by molar-refractivity contribution is 7.92. The first-order valence-corrected chi connectivity index (χ1v) is 13.3. The van der Waals surface area contributed by atoms with Gasteiger partial charge in [-0.1, -0.05) is 6.07 Å². The monoisotopic (exact) mass is 543 g/mol. The van der Waals surface area contributed by atoms with Gasteiger partial charge in [-0.3, -0.25) is 9.40 Å². The first-order chi connectivity index (χ1) is 18.3. The molecule has 5 rings (SSSR count). The molecule has 0 bridgehead atoms. The number of aromatic nitrogens is 3. The molecule has 1 aliphatic heterocycles. The molecule has 1 fully saturated rings. The zero-order chi connectivity index (χ0) is 26.9. The number of nitrogens with zero attached hydrogens (tertiary/aromatic N) is 3. The molecule has 1 aliphatic rings. The van der Waals surface area contributed by atoms with Crippen LogP contribution in [0.5, 0.6) is 0 Å². The van der Waals surface area contributed by atoms with Crippen LogP contribution in [0.15, 0.2) is 65.8 Å². The number of sulfonamides is 1. The fourth-order valence-corrected chi connectivity index (χ4v) is 5.50. The predicted octanol–water partition coefficient (Wildman–Crippen LogP) is 5.22. The number of benzene rings is 2. The minimum absolute atomic E-state index is 0.0357. The van der Waals surface area contributed by atoms with E-state index in [2.05, 4.69) is 10.3 Å². The molecule has 38 heavy (non-hydrogen) atoms. The molecule has 12 heteroatoms. The van der Waals surface area contributed by atoms with Gasteiger partial charge in [0.05, 0.1) is 11.7 Å². The third-order valence-electron chi connectivity index (χ3n) is 6.30. The zero-order valence-electron chi connectivity index (χ0n) is 20.3. The van der Waals surface area contributed by atoms with Gasteiger partial charge in [-0.05, 0) is 60.9 Å². The number of ether oxygens (including phenoxy) is 1. The van der Waals surface area contributed by atoms with Crippen molar-refractivity contribution in [3.8, 4) is 22.4 Å². The van der Waals surface area contributed by atoms with E-state index in [-0.39, 0.29) is 11.6 Å². The summed E-state index contributed by atoms with van der Waals surface area (Å²) in [6, 6.07) is 9.78. The molecule has 0 radical (unpaired) electrons. The Morgan fingerprint density at radius 3 is 2.58 bits per heavy atom. The molecule has 2 aromatic carbocycles. The molecular formula is C26H24F3N5O3S. The number of pyridine rings is 1. The van der Waals surface area contributed by atoms with Gasteiger partial charge >= 0.3 is 0 Å². The Hall–Kier alpha value is -3.90. The lowest BCUT2D eigenvalue weighted by atomic mass is 10.0. The lowest BCUT2D eigenvalue weighted by Gasteiger charge is -2.22. The van der Waals surface area contributed by atoms with Crippen LogP contribution < -0.4 is 10.0 Å². The smallest absolute Gasteiger partial charge is 0.265 e. The van der Waals surface area contributed by atoms with Crippen LogP contribution in [-0.4, -0.2) is 43.4 Å². The molecule has 0 amide bonds. The predicted molar refractivity (Wildman–Crippen MR) is 137 cm³/mol. The molecular weight excluding hydrogens is 519 g/mol. The highest BCUT2D eigenvalue weighted by atomic mass is 32.2. The molecule has 0 aliphatic carbocycles. The standard InChI is InChI=1S/C26H24F3N5O3S/c1-30-24-13-16(7-10-31-24)20-15-34(18-8-11-37-12-9-18)32-26(20)19-3-2-4-22(25(19)29)33-38(35,36)23-14-17(27)5-6-21(23)28/h2-7,10,13-15,18,33H,8-9,11-12H2,1H3,(H,30,31). The average Bonchev–Trinajstić information content (AvgIpc) is 3.37. The van der Waals surface area contributed by atoms with Gasteiger partial charge in [0.15, 0.2) is 5.82 Å². The molecule has 2 N–H and O–H groups in total. The Bertz CT molecular complexity index is 1590. The maximum Gasteiger partial charge on any atom is 0.265 e. The quantitative estimate of drug-likeness (QED) is 0.332. The van der Waals surface area contributed by atoms with E-state index in [0.29, 0.717) is 42.4 Å². The van der Waals surface area contributed by atoms with Crippen LogP contribution in [0.4, 0.5) is 24.7 Å². The SMILES string of the molecule is CNc1cc(-c2cn(C3CCOCC3)nc2-c2cccc(NS(=O)(=O)c3cc(F)ccc3F)c2F)ccn1. The molecule has 0 saturated carbocycles. The lowest BCUT2D eigenvalue weighted by molar-refractivity contribution is 0.0663. The van der Waals surface area contributed by atoms with Gasteiger partial charge in [0.2, 0.25) is 0 Å². The summed E-state index contributed by atoms with van der Waals surface area (Å²) in [5.41, 5.74) is 1.24. The van der Waals surface area contributed by atoms with Gasteiger partial charge in [-0.2, -0.15) is 5.10 Å². The van der Waals surface area contributed by atoms with Crippen LogP contribution in [0.3, 0.4) is 0 Å². The Labute approximate surface area is 217 Å². The number of hydrogen-bond donors (Lipinski definition) is 2. The largest absolute Gasteiger partial charge is 0.381 e. The maximum atomic E-state index is 15.9. The van der Waals surface area contributed by atoms with E-state index >= 15 is 4.39 Å². The van der Waals surface area contributed by atoms with Crippen LogP contribution >= 0.6 is 0 Å². The fourth-order valence-electron chi connectivity index (χ4n) is 4.35. The Morgan fingerprint density at radius 1 is 1.03 bits per heavy atom. The number of hydrogen-bond acceptors (Lipinski definition) is 6. The van der Waals surface area contributed by atoms with Gasteiger partial charge in [-0.15, -0.1) is 0 Å². The van der Waals surface area contributed by atoms with E-state index < -0.39 is 38.1 Å². The molecule has 0 atom stereocenters. The topological polar surface area (TPSA) is 98.1 Å². The molecule has 4 aromatic rings. The van der Waals surface area contributed by atoms with Gasteiger partial charge in [0.25, 0.3) is 10.0 Å². The van der Waals surface area contributed by atoms with Crippen molar-refractivity contribution < 1.29 is 26.3 Å². The van der Waals surface area contributed by atoms with Crippen molar-refractivity contribution in [3.05, 3.63) is 78.4 Å². The lowest BCUT2D eigenvalue weighted by Crippen LogP contribution is -2.20. The highest BCUT2D eigenvalue weighted by Gasteiger charge is 2.26. The molecule has 8 nitrogen and oxygen atoms in total. The normalized spacial score (nSPS) is 14.4. The van der Waals surface area contributed by atoms with E-state index in [4.69, 9.17) is 9.84 Å². The summed E-state index contributed by atoms with van der Waals surface area (Å²) in [6.45, 7) is 1.16. The fraction of sp³-hybridized carbons (Fsp3) is 0.231. The second kappa shape index (κ2) is 10.5. The first kappa shape index (κ1) is 25.7. The van der Waals surface area contributed by atoms with Crippen molar-refractivity contribution in [3.63, 3.8) is 0 Å². The van der Waals surface area contributed by atoms with E-state index in [9.17, 15) is 17.2 Å². The minimum Gasteiger partial charge on any atom is -0.381 e. The van der Waals surface area contributed by atoms with Crippen LogP contribution in [-0.2, 0) is 14.8 Å². The number of rotatable bonds is 7. The van der Waals surface area contributed by atoms with Gasteiger partial charge in [-0.25, -0.2) is 26.6 Å². The van der Waals surface area contributed by atoms with E-state index in [1.54, 1.807) is 30.1 Å². The molecule has 2 aromatic heterocycles. The number of halogens is 3. The van der Waals surface area contributed by atoms with Crippen LogP contribution in [0.25, 0.3) is 22.4 Å². The molecule has 1 saturated heterocycles. The molecule has 0 unspecified atom stereocenters. The first-order valence-electron chi connectivity index (χ1n) is 11.8. The van der Waals surface area contributed by atoms with Crippen LogP contribution in [0.2, 0.25) is 0 Å². The Kier molecular flexibility index (Phi) is 7.09. The molecule has 198 valence electrons. The van der Waals surface area contributed by atoms with Crippen molar-refractivity contribution in [2.45, 2.75) is 23.8 Å². The van der Waals surface area contributed by atoms with Crippen molar-refractivity contribution in [1.29, 1.82) is 0 Å². The van der Waals surface area contributed by atoms with E-state index in [1.165, 1.54) is 18.2 Å². The third-order valence-corrected chi connectivity index (χ3v) is 7.69. The summed E-state index contributed by atoms with van der Waals surface area (Å²) in [6.07, 6.45) is 4.92. The Morgan fingerprint density at radius 2 is 1.82 bits per heavy atom.